The van der Waals surface area contributed by atoms with Gasteiger partial charge in [0.1, 0.15) is 0 Å². The Bertz CT molecular complexity index is 1090. The van der Waals surface area contributed by atoms with E-state index in [-0.39, 0.29) is 29.8 Å². The van der Waals surface area contributed by atoms with Crippen LogP contribution in [0.5, 0.6) is 0 Å². The summed E-state index contributed by atoms with van der Waals surface area (Å²) in [5, 5.41) is 9.06. The first-order chi connectivity index (χ1) is 16.0. The van der Waals surface area contributed by atoms with Crippen LogP contribution in [-0.2, 0) is 9.59 Å². The summed E-state index contributed by atoms with van der Waals surface area (Å²) in [6.45, 7) is 0.623. The highest BCUT2D eigenvalue weighted by atomic mass is 16.4. The van der Waals surface area contributed by atoms with Gasteiger partial charge in [0.05, 0.1) is 6.04 Å². The van der Waals surface area contributed by atoms with E-state index in [0.29, 0.717) is 18.0 Å². The zero-order valence-corrected chi connectivity index (χ0v) is 18.5. The van der Waals surface area contributed by atoms with E-state index in [4.69, 9.17) is 5.11 Å². The number of carbonyl (C=O) groups excluding carboxylic acids is 2. The highest BCUT2D eigenvalue weighted by Crippen LogP contribution is 2.51. The molecule has 0 radical (unpaired) electrons. The first-order valence-electron chi connectivity index (χ1n) is 11.7. The summed E-state index contributed by atoms with van der Waals surface area (Å²) in [5.74, 6) is -0.823. The van der Waals surface area contributed by atoms with Gasteiger partial charge in [-0.2, -0.15) is 0 Å². The third kappa shape index (κ3) is 4.17. The van der Waals surface area contributed by atoms with E-state index >= 15 is 0 Å². The Balaban J connectivity index is 1.58. The molecule has 0 spiro atoms. The second kappa shape index (κ2) is 8.85. The number of amides is 2. The Morgan fingerprint density at radius 2 is 1.67 bits per heavy atom. The molecule has 0 aromatic heterocycles. The molecule has 0 bridgehead atoms. The molecule has 2 aromatic carbocycles. The number of benzene rings is 2. The SMILES string of the molecule is O=C(O)/C=C/C(=O)N(CC1CC1)[C@H]1c2ccccc2N(C(=O)c2ccccc2)[C@@H]2CCC[C@@H]21. The number of rotatable bonds is 6. The smallest absolute Gasteiger partial charge is 0.328 e. The van der Waals surface area contributed by atoms with Crippen LogP contribution in [0.3, 0.4) is 0 Å². The largest absolute Gasteiger partial charge is 0.478 e. The fraction of sp³-hybridized carbons (Fsp3) is 0.370. The van der Waals surface area contributed by atoms with Gasteiger partial charge < -0.3 is 14.9 Å². The van der Waals surface area contributed by atoms with Gasteiger partial charge in [-0.05, 0) is 55.4 Å². The predicted octanol–water partition coefficient (Wildman–Crippen LogP) is 4.44. The number of nitrogens with zero attached hydrogens (tertiary/aromatic N) is 2. The molecule has 2 amide bonds. The number of hydrogen-bond acceptors (Lipinski definition) is 3. The molecule has 1 heterocycles. The fourth-order valence-electron chi connectivity index (χ4n) is 5.56. The molecular weight excluding hydrogens is 416 g/mol. The lowest BCUT2D eigenvalue weighted by molar-refractivity contribution is -0.133. The summed E-state index contributed by atoms with van der Waals surface area (Å²) in [7, 11) is 0. The summed E-state index contributed by atoms with van der Waals surface area (Å²) in [6.07, 6.45) is 7.10. The van der Waals surface area contributed by atoms with E-state index in [9.17, 15) is 14.4 Å². The van der Waals surface area contributed by atoms with Crippen molar-refractivity contribution in [2.45, 2.75) is 44.2 Å². The van der Waals surface area contributed by atoms with Gasteiger partial charge in [-0.3, -0.25) is 9.59 Å². The Labute approximate surface area is 193 Å². The predicted molar refractivity (Wildman–Crippen MR) is 125 cm³/mol. The molecule has 1 aliphatic heterocycles. The summed E-state index contributed by atoms with van der Waals surface area (Å²) in [5.41, 5.74) is 2.49. The van der Waals surface area contributed by atoms with Gasteiger partial charge in [0.25, 0.3) is 5.91 Å². The van der Waals surface area contributed by atoms with Crippen molar-refractivity contribution in [3.8, 4) is 0 Å². The molecule has 5 rings (SSSR count). The van der Waals surface area contributed by atoms with Crippen LogP contribution in [0, 0.1) is 11.8 Å². The highest BCUT2D eigenvalue weighted by Gasteiger charge is 2.49. The minimum atomic E-state index is -1.13. The number of anilines is 1. The van der Waals surface area contributed by atoms with E-state index in [1.54, 1.807) is 0 Å². The molecule has 2 saturated carbocycles. The van der Waals surface area contributed by atoms with Crippen molar-refractivity contribution >= 4 is 23.5 Å². The Morgan fingerprint density at radius 1 is 0.939 bits per heavy atom. The quantitative estimate of drug-likeness (QED) is 0.669. The van der Waals surface area contributed by atoms with Gasteiger partial charge in [-0.25, -0.2) is 4.79 Å². The summed E-state index contributed by atoms with van der Waals surface area (Å²) < 4.78 is 0. The van der Waals surface area contributed by atoms with E-state index in [2.05, 4.69) is 0 Å². The molecule has 1 N–H and O–H groups in total. The van der Waals surface area contributed by atoms with Gasteiger partial charge in [0.2, 0.25) is 5.91 Å². The third-order valence-electron chi connectivity index (χ3n) is 7.16. The summed E-state index contributed by atoms with van der Waals surface area (Å²) in [4.78, 5) is 41.8. The van der Waals surface area contributed by atoms with Crippen LogP contribution >= 0.6 is 0 Å². The van der Waals surface area contributed by atoms with E-state index in [1.165, 1.54) is 6.08 Å². The van der Waals surface area contributed by atoms with E-state index in [0.717, 1.165) is 49.4 Å². The van der Waals surface area contributed by atoms with Gasteiger partial charge in [0.15, 0.2) is 0 Å². The van der Waals surface area contributed by atoms with Crippen LogP contribution in [0.1, 0.15) is 54.1 Å². The zero-order chi connectivity index (χ0) is 22.9. The maximum atomic E-state index is 13.6. The highest BCUT2D eigenvalue weighted by molar-refractivity contribution is 6.07. The number of para-hydroxylation sites is 1. The summed E-state index contributed by atoms with van der Waals surface area (Å²) >= 11 is 0. The molecule has 3 aliphatic rings. The molecule has 2 aromatic rings. The molecule has 33 heavy (non-hydrogen) atoms. The molecule has 170 valence electrons. The molecule has 2 fully saturated rings. The molecule has 2 aliphatic carbocycles. The lowest BCUT2D eigenvalue weighted by atomic mass is 9.81. The van der Waals surface area contributed by atoms with Crippen LogP contribution < -0.4 is 4.90 Å². The number of hydrogen-bond donors (Lipinski definition) is 1. The van der Waals surface area contributed by atoms with Crippen LogP contribution in [-0.4, -0.2) is 40.4 Å². The van der Waals surface area contributed by atoms with Crippen LogP contribution in [0.2, 0.25) is 0 Å². The van der Waals surface area contributed by atoms with Crippen LogP contribution in [0.25, 0.3) is 0 Å². The topological polar surface area (TPSA) is 77.9 Å². The number of carboxylic acid groups (broad SMARTS) is 1. The molecule has 6 nitrogen and oxygen atoms in total. The zero-order valence-electron chi connectivity index (χ0n) is 18.5. The second-order valence-electron chi connectivity index (χ2n) is 9.31. The van der Waals surface area contributed by atoms with Crippen molar-refractivity contribution in [2.75, 3.05) is 11.4 Å². The minimum absolute atomic E-state index is 0.00978. The van der Waals surface area contributed by atoms with Crippen molar-refractivity contribution in [1.82, 2.24) is 4.90 Å². The number of carbonyl (C=O) groups is 3. The van der Waals surface area contributed by atoms with Gasteiger partial charge in [-0.1, -0.05) is 42.8 Å². The average molecular weight is 445 g/mol. The monoisotopic (exact) mass is 444 g/mol. The average Bonchev–Trinajstić information content (AvgIpc) is 3.53. The minimum Gasteiger partial charge on any atom is -0.478 e. The lowest BCUT2D eigenvalue weighted by Gasteiger charge is -2.47. The number of carboxylic acids is 1. The second-order valence-corrected chi connectivity index (χ2v) is 9.31. The third-order valence-corrected chi connectivity index (χ3v) is 7.16. The molecule has 3 atom stereocenters. The van der Waals surface area contributed by atoms with Crippen molar-refractivity contribution in [3.05, 3.63) is 77.9 Å². The normalized spacial score (nSPS) is 23.8. The van der Waals surface area contributed by atoms with Crippen LogP contribution in [0.15, 0.2) is 66.7 Å². The van der Waals surface area contributed by atoms with Crippen molar-refractivity contribution in [3.63, 3.8) is 0 Å². The van der Waals surface area contributed by atoms with Crippen molar-refractivity contribution < 1.29 is 19.5 Å². The van der Waals surface area contributed by atoms with Crippen molar-refractivity contribution in [1.29, 1.82) is 0 Å². The first kappa shape index (κ1) is 21.4. The fourth-order valence-corrected chi connectivity index (χ4v) is 5.56. The molecule has 0 unspecified atom stereocenters. The number of fused-ring (bicyclic) bond motifs is 2. The maximum Gasteiger partial charge on any atom is 0.328 e. The standard InChI is InChI=1S/C27H28N2O4/c30-24(15-16-25(31)32)28(17-18-13-14-18)26-20-9-4-5-11-22(20)29(23-12-6-10-21(23)26)27(33)19-7-2-1-3-8-19/h1-5,7-9,11,15-16,18,21,23,26H,6,10,12-14,17H2,(H,31,32)/b16-15+/t21-,23+,26-/m0/s1. The molecular formula is C27H28N2O4. The number of aliphatic carboxylic acids is 1. The first-order valence-corrected chi connectivity index (χ1v) is 11.7. The Kier molecular flexibility index (Phi) is 5.75. The van der Waals surface area contributed by atoms with E-state index < -0.39 is 5.97 Å². The Hall–Kier alpha value is -3.41. The Morgan fingerprint density at radius 3 is 2.39 bits per heavy atom. The van der Waals surface area contributed by atoms with Crippen LogP contribution in [0.4, 0.5) is 5.69 Å². The maximum absolute atomic E-state index is 13.6. The van der Waals surface area contributed by atoms with Gasteiger partial charge in [-0.15, -0.1) is 0 Å². The van der Waals surface area contributed by atoms with E-state index in [1.807, 2.05) is 64.4 Å². The summed E-state index contributed by atoms with van der Waals surface area (Å²) in [6, 6.07) is 17.1. The van der Waals surface area contributed by atoms with Crippen molar-refractivity contribution in [2.24, 2.45) is 11.8 Å². The van der Waals surface area contributed by atoms with Gasteiger partial charge in [0, 0.05) is 41.9 Å². The molecule has 6 heteroatoms. The molecule has 0 saturated heterocycles. The van der Waals surface area contributed by atoms with Gasteiger partial charge >= 0.3 is 5.97 Å². The lowest BCUT2D eigenvalue weighted by Crippen LogP contribution is -2.52.